The number of hydrogen-bond acceptors (Lipinski definition) is 5. The molecule has 0 aliphatic rings. The zero-order valence-corrected chi connectivity index (χ0v) is 10.9. The molecule has 1 N–H and O–H groups in total. The van der Waals surface area contributed by atoms with E-state index in [1.165, 1.54) is 0 Å². The number of rotatable bonds is 5. The van der Waals surface area contributed by atoms with Crippen LogP contribution < -0.4 is 4.90 Å². The Bertz CT molecular complexity index is 400. The molecule has 1 atom stereocenters. The van der Waals surface area contributed by atoms with E-state index in [4.69, 9.17) is 4.52 Å². The Balaban J connectivity index is 2.91. The van der Waals surface area contributed by atoms with E-state index in [0.29, 0.717) is 11.8 Å². The number of aliphatic carboxylic acids is 1. The number of nitrogens with zero attached hydrogens (tertiary/aromatic N) is 3. The molecule has 0 aliphatic heterocycles. The summed E-state index contributed by atoms with van der Waals surface area (Å²) in [6, 6.07) is 0. The largest absolute Gasteiger partial charge is 0.481 e. The van der Waals surface area contributed by atoms with Crippen molar-refractivity contribution in [1.82, 2.24) is 10.1 Å². The molecule has 0 radical (unpaired) electrons. The summed E-state index contributed by atoms with van der Waals surface area (Å²) in [5.41, 5.74) is -0.893. The molecule has 0 bridgehead atoms. The first-order chi connectivity index (χ1) is 7.77. The van der Waals surface area contributed by atoms with E-state index < -0.39 is 11.4 Å². The van der Waals surface area contributed by atoms with Gasteiger partial charge in [-0.25, -0.2) is 0 Å². The molecule has 1 unspecified atom stereocenters. The molecule has 1 aromatic rings. The minimum absolute atomic E-state index is 0.0188. The quantitative estimate of drug-likeness (QED) is 0.840. The predicted octanol–water partition coefficient (Wildman–Crippen LogP) is 1.43. The monoisotopic (exact) mass is 241 g/mol. The number of hydrogen-bond donors (Lipinski definition) is 1. The lowest BCUT2D eigenvalue weighted by Crippen LogP contribution is -2.35. The van der Waals surface area contributed by atoms with Crippen molar-refractivity contribution in [2.75, 3.05) is 19.0 Å². The van der Waals surface area contributed by atoms with Gasteiger partial charge in [0.15, 0.2) is 0 Å². The lowest BCUT2D eigenvalue weighted by molar-refractivity contribution is -0.150. The summed E-state index contributed by atoms with van der Waals surface area (Å²) in [4.78, 5) is 17.2. The minimum atomic E-state index is -0.893. The smallest absolute Gasteiger partial charge is 0.310 e. The van der Waals surface area contributed by atoms with E-state index in [2.05, 4.69) is 10.1 Å². The molecular weight excluding hydrogens is 222 g/mol. The van der Waals surface area contributed by atoms with Crippen LogP contribution in [-0.4, -0.2) is 35.3 Å². The predicted molar refractivity (Wildman–Crippen MR) is 62.9 cm³/mol. The second-order valence-electron chi connectivity index (χ2n) is 4.94. The maximum absolute atomic E-state index is 11.3. The third-order valence-corrected chi connectivity index (χ3v) is 3.14. The molecule has 0 fully saturated rings. The summed E-state index contributed by atoms with van der Waals surface area (Å²) in [6.45, 7) is 5.44. The second-order valence-corrected chi connectivity index (χ2v) is 4.94. The van der Waals surface area contributed by atoms with E-state index in [-0.39, 0.29) is 12.3 Å². The molecule has 0 saturated heterocycles. The number of carboxylic acids is 1. The fourth-order valence-electron chi connectivity index (χ4n) is 1.34. The van der Waals surface area contributed by atoms with Gasteiger partial charge in [0.25, 0.3) is 5.95 Å². The summed E-state index contributed by atoms with van der Waals surface area (Å²) >= 11 is 0. The van der Waals surface area contributed by atoms with Crippen molar-refractivity contribution < 1.29 is 14.4 Å². The van der Waals surface area contributed by atoms with Crippen molar-refractivity contribution in [3.8, 4) is 0 Å². The van der Waals surface area contributed by atoms with Gasteiger partial charge in [0.1, 0.15) is 0 Å². The van der Waals surface area contributed by atoms with Crippen LogP contribution in [0.25, 0.3) is 0 Å². The van der Waals surface area contributed by atoms with Crippen LogP contribution >= 0.6 is 0 Å². The van der Waals surface area contributed by atoms with Crippen LogP contribution in [0.1, 0.15) is 26.7 Å². The topological polar surface area (TPSA) is 79.5 Å². The van der Waals surface area contributed by atoms with Gasteiger partial charge in [0.05, 0.1) is 5.41 Å². The third-order valence-electron chi connectivity index (χ3n) is 3.14. The highest BCUT2D eigenvalue weighted by Crippen LogP contribution is 2.31. The first kappa shape index (κ1) is 13.5. The summed E-state index contributed by atoms with van der Waals surface area (Å²) < 4.78 is 5.06. The highest BCUT2D eigenvalue weighted by atomic mass is 16.5. The molecule has 17 heavy (non-hydrogen) atoms. The second kappa shape index (κ2) is 4.73. The number of anilines is 1. The lowest BCUT2D eigenvalue weighted by atomic mass is 9.76. The molecule has 96 valence electrons. The van der Waals surface area contributed by atoms with Gasteiger partial charge in [0, 0.05) is 20.5 Å². The number of carbonyl (C=O) groups is 1. The van der Waals surface area contributed by atoms with E-state index in [0.717, 1.165) is 0 Å². The fourth-order valence-corrected chi connectivity index (χ4v) is 1.34. The average Bonchev–Trinajstić information content (AvgIpc) is 2.65. The van der Waals surface area contributed by atoms with Crippen molar-refractivity contribution in [3.63, 3.8) is 0 Å². The molecule has 0 spiro atoms. The van der Waals surface area contributed by atoms with Gasteiger partial charge >= 0.3 is 5.97 Å². The van der Waals surface area contributed by atoms with Gasteiger partial charge < -0.3 is 14.5 Å². The first-order valence-corrected chi connectivity index (χ1v) is 5.50. The highest BCUT2D eigenvalue weighted by Gasteiger charge is 2.38. The van der Waals surface area contributed by atoms with Gasteiger partial charge in [-0.15, -0.1) is 0 Å². The molecule has 6 heteroatoms. The van der Waals surface area contributed by atoms with Crippen molar-refractivity contribution in [2.45, 2.75) is 27.2 Å². The summed E-state index contributed by atoms with van der Waals surface area (Å²) in [6.07, 6.45) is 0.237. The van der Waals surface area contributed by atoms with Crippen LogP contribution in [0.3, 0.4) is 0 Å². The number of aromatic nitrogens is 2. The Morgan fingerprint density at radius 2 is 2.12 bits per heavy atom. The van der Waals surface area contributed by atoms with Crippen molar-refractivity contribution in [2.24, 2.45) is 11.3 Å². The van der Waals surface area contributed by atoms with E-state index in [1.54, 1.807) is 25.9 Å². The van der Waals surface area contributed by atoms with Crippen LogP contribution in [0.5, 0.6) is 0 Å². The summed E-state index contributed by atoms with van der Waals surface area (Å²) in [5, 5.41) is 13.0. The van der Waals surface area contributed by atoms with Crippen LogP contribution in [0.4, 0.5) is 5.95 Å². The Morgan fingerprint density at radius 1 is 1.53 bits per heavy atom. The molecule has 1 heterocycles. The van der Waals surface area contributed by atoms with Gasteiger partial charge in [-0.05, 0) is 18.0 Å². The molecule has 6 nitrogen and oxygen atoms in total. The van der Waals surface area contributed by atoms with Gasteiger partial charge in [-0.2, -0.15) is 4.98 Å². The standard InChI is InChI=1S/C11H19N3O3/c1-7(2)11(3,9(15)16)6-8-12-10(13-17-8)14(4)5/h7H,6H2,1-5H3,(H,15,16). The molecule has 0 amide bonds. The lowest BCUT2D eigenvalue weighted by Gasteiger charge is -2.27. The van der Waals surface area contributed by atoms with Gasteiger partial charge in [0.2, 0.25) is 5.89 Å². The Labute approximate surface area is 101 Å². The maximum atomic E-state index is 11.3. The first-order valence-electron chi connectivity index (χ1n) is 5.50. The van der Waals surface area contributed by atoms with E-state index in [1.807, 2.05) is 13.8 Å². The van der Waals surface area contributed by atoms with E-state index >= 15 is 0 Å². The maximum Gasteiger partial charge on any atom is 0.310 e. The van der Waals surface area contributed by atoms with Gasteiger partial charge in [-0.1, -0.05) is 13.8 Å². The van der Waals surface area contributed by atoms with Crippen molar-refractivity contribution in [3.05, 3.63) is 5.89 Å². The normalized spacial score (nSPS) is 14.7. The SMILES string of the molecule is CC(C)C(C)(Cc1nc(N(C)C)no1)C(=O)O. The summed E-state index contributed by atoms with van der Waals surface area (Å²) in [7, 11) is 3.60. The van der Waals surface area contributed by atoms with Crippen LogP contribution in [-0.2, 0) is 11.2 Å². The van der Waals surface area contributed by atoms with Crippen molar-refractivity contribution in [1.29, 1.82) is 0 Å². The van der Waals surface area contributed by atoms with E-state index in [9.17, 15) is 9.90 Å². The fraction of sp³-hybridized carbons (Fsp3) is 0.727. The Hall–Kier alpha value is -1.59. The molecule has 1 aromatic heterocycles. The molecule has 1 rings (SSSR count). The van der Waals surface area contributed by atoms with Crippen LogP contribution in [0.15, 0.2) is 4.52 Å². The summed E-state index contributed by atoms with van der Waals surface area (Å²) in [5.74, 6) is -0.0596. The Morgan fingerprint density at radius 3 is 2.47 bits per heavy atom. The zero-order chi connectivity index (χ0) is 13.2. The van der Waals surface area contributed by atoms with Crippen LogP contribution in [0, 0.1) is 11.3 Å². The molecule has 0 aliphatic carbocycles. The minimum Gasteiger partial charge on any atom is -0.481 e. The third kappa shape index (κ3) is 2.75. The van der Waals surface area contributed by atoms with Gasteiger partial charge in [-0.3, -0.25) is 4.79 Å². The molecule has 0 saturated carbocycles. The van der Waals surface area contributed by atoms with Crippen molar-refractivity contribution >= 4 is 11.9 Å². The van der Waals surface area contributed by atoms with Crippen LogP contribution in [0.2, 0.25) is 0 Å². The molecular formula is C11H19N3O3. The number of carboxylic acid groups (broad SMARTS) is 1. The Kier molecular flexibility index (Phi) is 3.75. The molecule has 0 aromatic carbocycles. The highest BCUT2D eigenvalue weighted by molar-refractivity contribution is 5.74. The zero-order valence-electron chi connectivity index (χ0n) is 10.9. The average molecular weight is 241 g/mol.